The molecule has 0 aliphatic rings. The molecule has 0 aliphatic heterocycles. The van der Waals surface area contributed by atoms with Crippen molar-refractivity contribution in [3.8, 4) is 6.01 Å². The zero-order valence-corrected chi connectivity index (χ0v) is 22.1. The lowest BCUT2D eigenvalue weighted by Gasteiger charge is -2.09. The van der Waals surface area contributed by atoms with Gasteiger partial charge in [0, 0.05) is 0 Å². The summed E-state index contributed by atoms with van der Waals surface area (Å²) >= 11 is 0. The van der Waals surface area contributed by atoms with Gasteiger partial charge in [-0.1, -0.05) is 104 Å². The van der Waals surface area contributed by atoms with Gasteiger partial charge in [-0.2, -0.15) is 30.7 Å². The number of halogens is 3. The van der Waals surface area contributed by atoms with E-state index in [1.807, 2.05) is 6.92 Å². The molecule has 0 unspecified atom stereocenters. The average molecular weight is 512 g/mol. The molecule has 0 spiro atoms. The lowest BCUT2D eigenvalue weighted by molar-refractivity contribution is -0.699. The highest BCUT2D eigenvalue weighted by molar-refractivity contribution is 7.87. The highest BCUT2D eigenvalue weighted by atomic mass is 32.2. The second-order valence-electron chi connectivity index (χ2n) is 9.25. The topological polar surface area (TPSA) is 52.2 Å². The fourth-order valence-electron chi connectivity index (χ4n) is 4.11. The lowest BCUT2D eigenvalue weighted by Crippen LogP contribution is -2.38. The van der Waals surface area contributed by atoms with Crippen LogP contribution in [-0.2, 0) is 23.2 Å². The number of aryl methyl sites for hydroxylation is 2. The standard InChI is InChI=1S/C25H46F3N2O3S/c1-3-5-6-7-8-9-10-11-12-13-14-15-16-17-18-19-21-30-23-22-29(20-4-2)24(30)33-34(31,32)25(26,27)28/h22-23H,3-21H2,1-2H3/q+1. The number of hydrogen-bond acceptors (Lipinski definition) is 3. The summed E-state index contributed by atoms with van der Waals surface area (Å²) in [5, 5.41) is 0. The van der Waals surface area contributed by atoms with E-state index in [4.69, 9.17) is 0 Å². The molecule has 5 nitrogen and oxygen atoms in total. The maximum Gasteiger partial charge on any atom is 0.534 e. The van der Waals surface area contributed by atoms with Crippen molar-refractivity contribution in [1.82, 2.24) is 4.57 Å². The SMILES string of the molecule is CCCCCCCCCCCCCCCCCCn1cc[n+](CCC)c1OS(=O)(=O)C(F)(F)F. The van der Waals surface area contributed by atoms with Crippen LogP contribution in [0.5, 0.6) is 6.01 Å². The Morgan fingerprint density at radius 3 is 1.62 bits per heavy atom. The van der Waals surface area contributed by atoms with E-state index in [0.717, 1.165) is 25.7 Å². The Hall–Kier alpha value is -1.25. The highest BCUT2D eigenvalue weighted by Crippen LogP contribution is 2.26. The van der Waals surface area contributed by atoms with Crippen molar-refractivity contribution in [2.45, 2.75) is 142 Å². The molecule has 0 amide bonds. The quantitative estimate of drug-likeness (QED) is 0.0736. The molecule has 0 aromatic carbocycles. The summed E-state index contributed by atoms with van der Waals surface area (Å²) in [4.78, 5) is 0. The largest absolute Gasteiger partial charge is 0.534 e. The predicted octanol–water partition coefficient (Wildman–Crippen LogP) is 7.68. The van der Waals surface area contributed by atoms with Gasteiger partial charge in [-0.15, -0.1) is 0 Å². The number of alkyl halides is 3. The smallest absolute Gasteiger partial charge is 0.302 e. The molecular weight excluding hydrogens is 465 g/mol. The summed E-state index contributed by atoms with van der Waals surface area (Å²) in [7, 11) is -5.69. The summed E-state index contributed by atoms with van der Waals surface area (Å²) in [5.74, 6) is 0. The first-order valence-electron chi connectivity index (χ1n) is 13.3. The van der Waals surface area contributed by atoms with E-state index in [0.29, 0.717) is 19.5 Å². The van der Waals surface area contributed by atoms with E-state index in [9.17, 15) is 21.6 Å². The molecular formula is C25H46F3N2O3S+. The molecule has 1 heterocycles. The lowest BCUT2D eigenvalue weighted by atomic mass is 10.0. The van der Waals surface area contributed by atoms with E-state index in [2.05, 4.69) is 11.1 Å². The van der Waals surface area contributed by atoms with Crippen LogP contribution < -0.4 is 8.75 Å². The van der Waals surface area contributed by atoms with E-state index in [1.54, 1.807) is 12.4 Å². The summed E-state index contributed by atoms with van der Waals surface area (Å²) in [6.07, 6.45) is 23.8. The third kappa shape index (κ3) is 12.5. The van der Waals surface area contributed by atoms with Gasteiger partial charge in [0.25, 0.3) is 0 Å². The van der Waals surface area contributed by atoms with E-state index in [1.165, 1.54) is 86.2 Å². The van der Waals surface area contributed by atoms with Crippen LogP contribution >= 0.6 is 0 Å². The van der Waals surface area contributed by atoms with Gasteiger partial charge in [0.05, 0.1) is 13.1 Å². The van der Waals surface area contributed by atoms with Gasteiger partial charge in [0.2, 0.25) is 0 Å². The van der Waals surface area contributed by atoms with Crippen LogP contribution in [0.1, 0.15) is 123 Å². The van der Waals surface area contributed by atoms with Gasteiger partial charge < -0.3 is 4.18 Å². The number of imidazole rings is 1. The zero-order valence-electron chi connectivity index (χ0n) is 21.3. The molecule has 0 atom stereocenters. The molecule has 0 aliphatic carbocycles. The Labute approximate surface area is 205 Å². The van der Waals surface area contributed by atoms with Crippen molar-refractivity contribution in [2.24, 2.45) is 0 Å². The van der Waals surface area contributed by atoms with Gasteiger partial charge >= 0.3 is 21.6 Å². The Morgan fingerprint density at radius 1 is 0.765 bits per heavy atom. The second-order valence-corrected chi connectivity index (χ2v) is 10.8. The molecule has 0 N–H and O–H groups in total. The van der Waals surface area contributed by atoms with Crippen LogP contribution in [0.2, 0.25) is 0 Å². The van der Waals surface area contributed by atoms with Crippen LogP contribution in [0.4, 0.5) is 13.2 Å². The van der Waals surface area contributed by atoms with E-state index in [-0.39, 0.29) is 6.01 Å². The van der Waals surface area contributed by atoms with Gasteiger partial charge in [-0.25, -0.2) is 0 Å². The minimum atomic E-state index is -5.69. The van der Waals surface area contributed by atoms with Crippen molar-refractivity contribution in [3.05, 3.63) is 12.4 Å². The number of rotatable bonds is 21. The first-order chi connectivity index (χ1) is 16.2. The fourth-order valence-corrected chi connectivity index (χ4v) is 4.59. The molecule has 0 fully saturated rings. The Morgan fingerprint density at radius 2 is 1.21 bits per heavy atom. The van der Waals surface area contributed by atoms with Gasteiger partial charge in [0.1, 0.15) is 12.4 Å². The second kappa shape index (κ2) is 17.2. The first-order valence-corrected chi connectivity index (χ1v) is 14.7. The van der Waals surface area contributed by atoms with E-state index >= 15 is 0 Å². The third-order valence-corrected chi connectivity index (χ3v) is 7.04. The van der Waals surface area contributed by atoms with Gasteiger partial charge in [0.15, 0.2) is 0 Å². The molecule has 1 rings (SSSR count). The number of aromatic nitrogens is 2. The molecule has 0 bridgehead atoms. The minimum absolute atomic E-state index is 0.278. The summed E-state index contributed by atoms with van der Waals surface area (Å²) in [6, 6.07) is -0.278. The molecule has 0 radical (unpaired) electrons. The summed E-state index contributed by atoms with van der Waals surface area (Å²) < 4.78 is 68.6. The van der Waals surface area contributed by atoms with Crippen molar-refractivity contribution in [1.29, 1.82) is 0 Å². The average Bonchev–Trinajstić information content (AvgIpc) is 3.13. The summed E-state index contributed by atoms with van der Waals surface area (Å²) in [6.45, 7) is 4.92. The molecule has 9 heteroatoms. The molecule has 0 saturated carbocycles. The van der Waals surface area contributed by atoms with Crippen LogP contribution in [0.15, 0.2) is 12.4 Å². The highest BCUT2D eigenvalue weighted by Gasteiger charge is 2.50. The van der Waals surface area contributed by atoms with Crippen LogP contribution in [0.3, 0.4) is 0 Å². The predicted molar refractivity (Wildman–Crippen MR) is 130 cm³/mol. The van der Waals surface area contributed by atoms with Gasteiger partial charge in [-0.3, -0.25) is 0 Å². The van der Waals surface area contributed by atoms with Crippen molar-refractivity contribution in [3.63, 3.8) is 0 Å². The van der Waals surface area contributed by atoms with Crippen molar-refractivity contribution >= 4 is 10.1 Å². The van der Waals surface area contributed by atoms with E-state index < -0.39 is 15.6 Å². The van der Waals surface area contributed by atoms with Crippen LogP contribution in [0.25, 0.3) is 0 Å². The van der Waals surface area contributed by atoms with Crippen LogP contribution in [0, 0.1) is 0 Å². The molecule has 200 valence electrons. The molecule has 1 aromatic heterocycles. The van der Waals surface area contributed by atoms with Crippen LogP contribution in [-0.4, -0.2) is 18.5 Å². The number of nitrogens with zero attached hydrogens (tertiary/aromatic N) is 2. The fraction of sp³-hybridized carbons (Fsp3) is 0.880. The van der Waals surface area contributed by atoms with Gasteiger partial charge in [-0.05, 0) is 19.3 Å². The zero-order chi connectivity index (χ0) is 25.3. The number of hydrogen-bond donors (Lipinski definition) is 0. The monoisotopic (exact) mass is 511 g/mol. The normalized spacial score (nSPS) is 12.4. The summed E-state index contributed by atoms with van der Waals surface area (Å²) in [5.41, 5.74) is -5.44. The Bertz CT molecular complexity index is 749. The third-order valence-electron chi connectivity index (χ3n) is 6.10. The number of unbranched alkanes of at least 4 members (excludes halogenated alkanes) is 15. The molecule has 0 saturated heterocycles. The van der Waals surface area contributed by atoms with Crippen molar-refractivity contribution < 1.29 is 30.3 Å². The maximum atomic E-state index is 12.8. The van der Waals surface area contributed by atoms with Crippen molar-refractivity contribution in [2.75, 3.05) is 0 Å². The Balaban J connectivity index is 2.18. The molecule has 34 heavy (non-hydrogen) atoms. The minimum Gasteiger partial charge on any atom is -0.302 e. The first kappa shape index (κ1) is 30.8. The Kier molecular flexibility index (Phi) is 15.6. The maximum absolute atomic E-state index is 12.8. The molecule has 1 aromatic rings.